The minimum absolute atomic E-state index is 0.348. The van der Waals surface area contributed by atoms with Crippen LogP contribution in [0.1, 0.15) is 22.5 Å². The third kappa shape index (κ3) is 2.81. The van der Waals surface area contributed by atoms with Crippen LogP contribution in [0.3, 0.4) is 0 Å². The van der Waals surface area contributed by atoms with Gasteiger partial charge >= 0.3 is 0 Å². The quantitative estimate of drug-likeness (QED) is 0.878. The Morgan fingerprint density at radius 2 is 1.90 bits per heavy atom. The first kappa shape index (κ1) is 14.5. The van der Waals surface area contributed by atoms with Crippen molar-refractivity contribution in [2.24, 2.45) is 0 Å². The second-order valence-electron chi connectivity index (χ2n) is 4.59. The van der Waals surface area contributed by atoms with Crippen LogP contribution in [-0.4, -0.2) is 4.98 Å². The summed E-state index contributed by atoms with van der Waals surface area (Å²) in [7, 11) is 0. The average molecular weight is 334 g/mol. The normalized spacial score (nSPS) is 10.2. The molecular weight excluding hydrogens is 321 g/mol. The first-order chi connectivity index (χ1) is 9.42. The number of nitrogens with one attached hydrogen (secondary N) is 1. The van der Waals surface area contributed by atoms with Crippen molar-refractivity contribution < 1.29 is 4.39 Å². The molecule has 0 radical (unpaired) electrons. The summed E-state index contributed by atoms with van der Waals surface area (Å²) < 4.78 is 14.1. The van der Waals surface area contributed by atoms with Gasteiger partial charge in [0.1, 0.15) is 11.9 Å². The van der Waals surface area contributed by atoms with Crippen LogP contribution in [0.25, 0.3) is 0 Å². The van der Waals surface area contributed by atoms with Crippen LogP contribution in [0, 0.1) is 37.9 Å². The van der Waals surface area contributed by atoms with Gasteiger partial charge < -0.3 is 5.32 Å². The van der Waals surface area contributed by atoms with Crippen LogP contribution < -0.4 is 5.32 Å². The van der Waals surface area contributed by atoms with E-state index in [9.17, 15) is 9.65 Å². The maximum atomic E-state index is 13.6. The van der Waals surface area contributed by atoms with Gasteiger partial charge in [0, 0.05) is 11.4 Å². The molecule has 102 valence electrons. The maximum absolute atomic E-state index is 13.6. The van der Waals surface area contributed by atoms with Crippen LogP contribution in [-0.2, 0) is 0 Å². The van der Waals surface area contributed by atoms with E-state index in [4.69, 9.17) is 0 Å². The lowest BCUT2D eigenvalue weighted by atomic mass is 10.1. The molecule has 5 heteroatoms. The maximum Gasteiger partial charge on any atom is 0.139 e. The summed E-state index contributed by atoms with van der Waals surface area (Å²) in [6, 6.07) is 7.02. The van der Waals surface area contributed by atoms with Gasteiger partial charge in [-0.2, -0.15) is 5.26 Å². The van der Waals surface area contributed by atoms with Gasteiger partial charge in [0.25, 0.3) is 0 Å². The largest absolute Gasteiger partial charge is 0.354 e. The standard InChI is InChI=1S/C15H13BrFN3/c1-8-4-12(16)13(17)6-14(8)20-15-5-9(2)19-10(3)11(15)7-18/h4-6H,1-3H3,(H,19,20). The predicted octanol–water partition coefficient (Wildman–Crippen LogP) is 4.52. The van der Waals surface area contributed by atoms with Crippen molar-refractivity contribution in [1.82, 2.24) is 4.98 Å². The minimum Gasteiger partial charge on any atom is -0.354 e. The van der Waals surface area contributed by atoms with Crippen molar-refractivity contribution in [3.8, 4) is 6.07 Å². The van der Waals surface area contributed by atoms with Crippen LogP contribution in [0.5, 0.6) is 0 Å². The van der Waals surface area contributed by atoms with Gasteiger partial charge in [0.15, 0.2) is 0 Å². The number of aryl methyl sites for hydroxylation is 3. The van der Waals surface area contributed by atoms with Crippen LogP contribution >= 0.6 is 15.9 Å². The van der Waals surface area contributed by atoms with E-state index in [1.807, 2.05) is 13.8 Å². The Bertz CT molecular complexity index is 720. The Kier molecular flexibility index (Phi) is 4.05. The summed E-state index contributed by atoms with van der Waals surface area (Å²) >= 11 is 3.15. The van der Waals surface area contributed by atoms with Gasteiger partial charge in [-0.25, -0.2) is 4.39 Å². The SMILES string of the molecule is Cc1cc(Nc2cc(F)c(Br)cc2C)c(C#N)c(C)n1. The molecule has 0 atom stereocenters. The molecule has 2 rings (SSSR count). The summed E-state index contributed by atoms with van der Waals surface area (Å²) in [5, 5.41) is 12.3. The zero-order chi connectivity index (χ0) is 14.9. The molecule has 0 aliphatic carbocycles. The molecule has 0 fully saturated rings. The van der Waals surface area contributed by atoms with Crippen molar-refractivity contribution in [2.75, 3.05) is 5.32 Å². The third-order valence-electron chi connectivity index (χ3n) is 2.98. The molecular formula is C15H13BrFN3. The molecule has 1 aromatic heterocycles. The van der Waals surface area contributed by atoms with E-state index in [-0.39, 0.29) is 5.82 Å². The first-order valence-electron chi connectivity index (χ1n) is 6.03. The summed E-state index contributed by atoms with van der Waals surface area (Å²) in [5.74, 6) is -0.348. The fraction of sp³-hybridized carbons (Fsp3) is 0.200. The summed E-state index contributed by atoms with van der Waals surface area (Å²) in [6.45, 7) is 5.51. The third-order valence-corrected chi connectivity index (χ3v) is 3.58. The summed E-state index contributed by atoms with van der Waals surface area (Å²) in [5.41, 5.74) is 4.09. The Hall–Kier alpha value is -1.93. The summed E-state index contributed by atoms with van der Waals surface area (Å²) in [6.07, 6.45) is 0. The average Bonchev–Trinajstić information content (AvgIpc) is 2.35. The molecule has 3 nitrogen and oxygen atoms in total. The van der Waals surface area contributed by atoms with Gasteiger partial charge in [0.05, 0.1) is 21.4 Å². The zero-order valence-corrected chi connectivity index (χ0v) is 13.0. The highest BCUT2D eigenvalue weighted by Crippen LogP contribution is 2.29. The number of hydrogen-bond acceptors (Lipinski definition) is 3. The van der Waals surface area contributed by atoms with Crippen molar-refractivity contribution in [2.45, 2.75) is 20.8 Å². The number of pyridine rings is 1. The Labute approximate surface area is 125 Å². The number of nitrogens with zero attached hydrogens (tertiary/aromatic N) is 2. The molecule has 1 heterocycles. The first-order valence-corrected chi connectivity index (χ1v) is 6.82. The van der Waals surface area contributed by atoms with E-state index in [0.29, 0.717) is 27.1 Å². The van der Waals surface area contributed by atoms with Crippen LogP contribution in [0.2, 0.25) is 0 Å². The molecule has 2 aromatic rings. The number of hydrogen-bond donors (Lipinski definition) is 1. The van der Waals surface area contributed by atoms with Gasteiger partial charge in [-0.05, 0) is 60.5 Å². The number of nitriles is 1. The van der Waals surface area contributed by atoms with Crippen LogP contribution in [0.4, 0.5) is 15.8 Å². The molecule has 0 bridgehead atoms. The molecule has 0 spiro atoms. The van der Waals surface area contributed by atoms with E-state index in [2.05, 4.69) is 32.3 Å². The minimum atomic E-state index is -0.348. The van der Waals surface area contributed by atoms with Gasteiger partial charge in [-0.3, -0.25) is 4.98 Å². The van der Waals surface area contributed by atoms with E-state index in [0.717, 1.165) is 11.3 Å². The Balaban J connectivity index is 2.51. The number of anilines is 2. The topological polar surface area (TPSA) is 48.7 Å². The molecule has 0 saturated carbocycles. The number of aromatic nitrogens is 1. The smallest absolute Gasteiger partial charge is 0.139 e. The summed E-state index contributed by atoms with van der Waals surface area (Å²) in [4.78, 5) is 4.26. The van der Waals surface area contributed by atoms with E-state index < -0.39 is 0 Å². The van der Waals surface area contributed by atoms with E-state index in [1.54, 1.807) is 19.1 Å². The molecule has 0 saturated heterocycles. The molecule has 1 N–H and O–H groups in total. The lowest BCUT2D eigenvalue weighted by molar-refractivity contribution is 0.621. The number of benzene rings is 1. The number of halogens is 2. The highest BCUT2D eigenvalue weighted by atomic mass is 79.9. The number of rotatable bonds is 2. The second-order valence-corrected chi connectivity index (χ2v) is 5.44. The molecule has 20 heavy (non-hydrogen) atoms. The Morgan fingerprint density at radius 1 is 1.20 bits per heavy atom. The zero-order valence-electron chi connectivity index (χ0n) is 11.4. The van der Waals surface area contributed by atoms with Crippen molar-refractivity contribution in [3.63, 3.8) is 0 Å². The van der Waals surface area contributed by atoms with E-state index in [1.165, 1.54) is 6.07 Å². The lowest BCUT2D eigenvalue weighted by Gasteiger charge is -2.13. The lowest BCUT2D eigenvalue weighted by Crippen LogP contribution is -2.01. The fourth-order valence-corrected chi connectivity index (χ4v) is 2.45. The van der Waals surface area contributed by atoms with Crippen LogP contribution in [0.15, 0.2) is 22.7 Å². The highest BCUT2D eigenvalue weighted by Gasteiger charge is 2.11. The van der Waals surface area contributed by atoms with Crippen molar-refractivity contribution >= 4 is 27.3 Å². The molecule has 0 aliphatic heterocycles. The second kappa shape index (κ2) is 5.59. The monoisotopic (exact) mass is 333 g/mol. The van der Waals surface area contributed by atoms with Crippen molar-refractivity contribution in [3.05, 3.63) is 51.0 Å². The van der Waals surface area contributed by atoms with Crippen molar-refractivity contribution in [1.29, 1.82) is 5.26 Å². The molecule has 0 aliphatic rings. The highest BCUT2D eigenvalue weighted by molar-refractivity contribution is 9.10. The van der Waals surface area contributed by atoms with Gasteiger partial charge in [-0.15, -0.1) is 0 Å². The Morgan fingerprint density at radius 3 is 2.55 bits per heavy atom. The van der Waals surface area contributed by atoms with Gasteiger partial charge in [-0.1, -0.05) is 0 Å². The molecule has 1 aromatic carbocycles. The fourth-order valence-electron chi connectivity index (χ4n) is 1.99. The predicted molar refractivity (Wildman–Crippen MR) is 80.5 cm³/mol. The molecule has 0 amide bonds. The van der Waals surface area contributed by atoms with E-state index >= 15 is 0 Å². The molecule has 0 unspecified atom stereocenters. The van der Waals surface area contributed by atoms with Gasteiger partial charge in [0.2, 0.25) is 0 Å².